The Balaban J connectivity index is 3.56. The standard InChI is InChI=1S/C8H18N2O2/c1-7(9-2)5-6-10(3)8(11)12-4/h7,9H,5-6H2,1-4H3. The van der Waals surface area contributed by atoms with Gasteiger partial charge in [-0.1, -0.05) is 0 Å². The van der Waals surface area contributed by atoms with Crippen LogP contribution in [0.4, 0.5) is 4.79 Å². The molecule has 0 saturated carbocycles. The molecule has 0 spiro atoms. The van der Waals surface area contributed by atoms with Crippen LogP contribution in [0.3, 0.4) is 0 Å². The van der Waals surface area contributed by atoms with Crippen molar-refractivity contribution in [3.05, 3.63) is 0 Å². The number of hydrogen-bond donors (Lipinski definition) is 1. The number of carbonyl (C=O) groups excluding carboxylic acids is 1. The molecule has 0 heterocycles. The maximum Gasteiger partial charge on any atom is 0.409 e. The van der Waals surface area contributed by atoms with Crippen LogP contribution in [0.5, 0.6) is 0 Å². The zero-order chi connectivity index (χ0) is 9.56. The molecule has 1 atom stereocenters. The predicted molar refractivity (Wildman–Crippen MR) is 48.2 cm³/mol. The van der Waals surface area contributed by atoms with Crippen LogP contribution >= 0.6 is 0 Å². The summed E-state index contributed by atoms with van der Waals surface area (Å²) in [5.41, 5.74) is 0. The van der Waals surface area contributed by atoms with E-state index in [1.165, 1.54) is 7.11 Å². The summed E-state index contributed by atoms with van der Waals surface area (Å²) in [6.45, 7) is 2.79. The molecular formula is C8H18N2O2. The smallest absolute Gasteiger partial charge is 0.409 e. The summed E-state index contributed by atoms with van der Waals surface area (Å²) < 4.78 is 4.54. The highest BCUT2D eigenvalue weighted by atomic mass is 16.5. The van der Waals surface area contributed by atoms with Gasteiger partial charge >= 0.3 is 6.09 Å². The zero-order valence-corrected chi connectivity index (χ0v) is 8.26. The van der Waals surface area contributed by atoms with Gasteiger partial charge in [-0.15, -0.1) is 0 Å². The van der Waals surface area contributed by atoms with Crippen LogP contribution in [0.2, 0.25) is 0 Å². The maximum atomic E-state index is 10.9. The van der Waals surface area contributed by atoms with Crippen molar-refractivity contribution >= 4 is 6.09 Å². The summed E-state index contributed by atoms with van der Waals surface area (Å²) in [7, 11) is 5.03. The molecule has 0 saturated heterocycles. The monoisotopic (exact) mass is 174 g/mol. The second-order valence-corrected chi connectivity index (χ2v) is 2.87. The maximum absolute atomic E-state index is 10.9. The largest absolute Gasteiger partial charge is 0.453 e. The number of rotatable bonds is 4. The van der Waals surface area contributed by atoms with Crippen molar-refractivity contribution in [1.29, 1.82) is 0 Å². The molecule has 4 nitrogen and oxygen atoms in total. The summed E-state index contributed by atoms with van der Waals surface area (Å²) in [4.78, 5) is 12.5. The minimum Gasteiger partial charge on any atom is -0.453 e. The number of nitrogens with zero attached hydrogens (tertiary/aromatic N) is 1. The minimum atomic E-state index is -0.279. The summed E-state index contributed by atoms with van der Waals surface area (Å²) in [5, 5.41) is 3.10. The highest BCUT2D eigenvalue weighted by Crippen LogP contribution is 1.94. The summed E-state index contributed by atoms with van der Waals surface area (Å²) >= 11 is 0. The molecule has 0 fully saturated rings. The molecule has 72 valence electrons. The van der Waals surface area contributed by atoms with Gasteiger partial charge in [-0.2, -0.15) is 0 Å². The average molecular weight is 174 g/mol. The Morgan fingerprint density at radius 2 is 2.25 bits per heavy atom. The second-order valence-electron chi connectivity index (χ2n) is 2.87. The van der Waals surface area contributed by atoms with Crippen LogP contribution in [-0.4, -0.2) is 44.8 Å². The molecule has 0 radical (unpaired) electrons. The molecular weight excluding hydrogens is 156 g/mol. The first-order valence-electron chi connectivity index (χ1n) is 4.08. The van der Waals surface area contributed by atoms with Crippen molar-refractivity contribution in [3.63, 3.8) is 0 Å². The Morgan fingerprint density at radius 1 is 1.67 bits per heavy atom. The van der Waals surface area contributed by atoms with E-state index in [4.69, 9.17) is 0 Å². The number of nitrogens with one attached hydrogen (secondary N) is 1. The van der Waals surface area contributed by atoms with Crippen molar-refractivity contribution in [2.24, 2.45) is 0 Å². The van der Waals surface area contributed by atoms with Crippen LogP contribution in [0.25, 0.3) is 0 Å². The van der Waals surface area contributed by atoms with Gasteiger partial charge in [-0.3, -0.25) is 0 Å². The third-order valence-electron chi connectivity index (χ3n) is 1.88. The van der Waals surface area contributed by atoms with Crippen molar-refractivity contribution in [2.75, 3.05) is 27.7 Å². The summed E-state index contributed by atoms with van der Waals surface area (Å²) in [5.74, 6) is 0. The Hall–Kier alpha value is -0.770. The van der Waals surface area contributed by atoms with Crippen molar-refractivity contribution in [3.8, 4) is 0 Å². The quantitative estimate of drug-likeness (QED) is 0.681. The van der Waals surface area contributed by atoms with Gasteiger partial charge in [0.25, 0.3) is 0 Å². The normalized spacial score (nSPS) is 12.3. The molecule has 0 rings (SSSR count). The van der Waals surface area contributed by atoms with Crippen molar-refractivity contribution in [1.82, 2.24) is 10.2 Å². The Bertz CT molecular complexity index is 139. The molecule has 0 bridgehead atoms. The molecule has 1 unspecified atom stereocenters. The van der Waals surface area contributed by atoms with E-state index in [0.29, 0.717) is 12.6 Å². The van der Waals surface area contributed by atoms with Crippen molar-refractivity contribution in [2.45, 2.75) is 19.4 Å². The van der Waals surface area contributed by atoms with E-state index in [9.17, 15) is 4.79 Å². The van der Waals surface area contributed by atoms with Crippen molar-refractivity contribution < 1.29 is 9.53 Å². The lowest BCUT2D eigenvalue weighted by Crippen LogP contribution is -2.32. The lowest BCUT2D eigenvalue weighted by Gasteiger charge is -2.17. The average Bonchev–Trinajstić information content (AvgIpc) is 2.11. The van der Waals surface area contributed by atoms with Gasteiger partial charge in [0.15, 0.2) is 0 Å². The molecule has 0 aromatic carbocycles. The summed E-state index contributed by atoms with van der Waals surface area (Å²) in [6.07, 6.45) is 0.653. The third kappa shape index (κ3) is 4.18. The van der Waals surface area contributed by atoms with Crippen LogP contribution in [-0.2, 0) is 4.74 Å². The van der Waals surface area contributed by atoms with Crippen LogP contribution in [0.1, 0.15) is 13.3 Å². The molecule has 4 heteroatoms. The first kappa shape index (κ1) is 11.2. The van der Waals surface area contributed by atoms with Gasteiger partial charge in [0.2, 0.25) is 0 Å². The third-order valence-corrected chi connectivity index (χ3v) is 1.88. The Morgan fingerprint density at radius 3 is 2.67 bits per heavy atom. The van der Waals surface area contributed by atoms with E-state index < -0.39 is 0 Å². The molecule has 0 aromatic rings. The number of carbonyl (C=O) groups is 1. The SMILES string of the molecule is CNC(C)CCN(C)C(=O)OC. The van der Waals surface area contributed by atoms with E-state index in [0.717, 1.165) is 6.42 Å². The Kier molecular flexibility index (Phi) is 5.45. The molecule has 1 amide bonds. The van der Waals surface area contributed by atoms with Gasteiger partial charge in [0.05, 0.1) is 7.11 Å². The van der Waals surface area contributed by atoms with E-state index in [2.05, 4.69) is 17.0 Å². The van der Waals surface area contributed by atoms with E-state index in [-0.39, 0.29) is 6.09 Å². The number of amides is 1. The lowest BCUT2D eigenvalue weighted by atomic mass is 10.2. The van der Waals surface area contributed by atoms with Gasteiger partial charge in [0, 0.05) is 19.6 Å². The fourth-order valence-electron chi connectivity index (χ4n) is 0.779. The summed E-state index contributed by atoms with van der Waals surface area (Å²) in [6, 6.07) is 0.428. The fourth-order valence-corrected chi connectivity index (χ4v) is 0.779. The van der Waals surface area contributed by atoms with E-state index in [1.807, 2.05) is 7.05 Å². The lowest BCUT2D eigenvalue weighted by molar-refractivity contribution is 0.132. The van der Waals surface area contributed by atoms with Gasteiger partial charge < -0.3 is 15.0 Å². The molecule has 0 aliphatic heterocycles. The first-order valence-corrected chi connectivity index (χ1v) is 4.08. The topological polar surface area (TPSA) is 41.6 Å². The molecule has 0 aliphatic rings. The number of hydrogen-bond acceptors (Lipinski definition) is 3. The molecule has 12 heavy (non-hydrogen) atoms. The number of ether oxygens (including phenoxy) is 1. The van der Waals surface area contributed by atoms with Gasteiger partial charge in [0.1, 0.15) is 0 Å². The highest BCUT2D eigenvalue weighted by molar-refractivity contribution is 5.66. The van der Waals surface area contributed by atoms with Crippen LogP contribution < -0.4 is 5.32 Å². The van der Waals surface area contributed by atoms with E-state index in [1.54, 1.807) is 11.9 Å². The highest BCUT2D eigenvalue weighted by Gasteiger charge is 2.08. The predicted octanol–water partition coefficient (Wildman–Crippen LogP) is 0.683. The minimum absolute atomic E-state index is 0.279. The Labute approximate surface area is 73.9 Å². The van der Waals surface area contributed by atoms with Gasteiger partial charge in [-0.05, 0) is 20.4 Å². The second kappa shape index (κ2) is 5.83. The molecule has 0 aliphatic carbocycles. The van der Waals surface area contributed by atoms with Gasteiger partial charge in [-0.25, -0.2) is 4.79 Å². The first-order chi connectivity index (χ1) is 5.61. The van der Waals surface area contributed by atoms with Crippen LogP contribution in [0.15, 0.2) is 0 Å². The molecule has 1 N–H and O–H groups in total. The zero-order valence-electron chi connectivity index (χ0n) is 8.26. The van der Waals surface area contributed by atoms with Crippen LogP contribution in [0, 0.1) is 0 Å². The fraction of sp³-hybridized carbons (Fsp3) is 0.875. The molecule has 0 aromatic heterocycles. The van der Waals surface area contributed by atoms with E-state index >= 15 is 0 Å². The number of methoxy groups -OCH3 is 1.